The summed E-state index contributed by atoms with van der Waals surface area (Å²) in [5.74, 6) is 0.180. The Bertz CT molecular complexity index is 636. The molecule has 1 aromatic heterocycles. The number of nitrogens with two attached hydrogens (primary N) is 1. The first-order chi connectivity index (χ1) is 9.15. The minimum Gasteiger partial charge on any atom is -0.494 e. The number of hydrogen-bond donors (Lipinski definition) is 3. The van der Waals surface area contributed by atoms with Crippen LogP contribution in [-0.2, 0) is 0 Å². The Labute approximate surface area is 112 Å². The zero-order valence-electron chi connectivity index (χ0n) is 11.1. The van der Waals surface area contributed by atoms with E-state index in [-0.39, 0.29) is 5.88 Å². The van der Waals surface area contributed by atoms with E-state index in [1.54, 1.807) is 0 Å². The molecule has 0 bridgehead atoms. The number of aliphatic imine (C=N–C) groups is 1. The number of anilines is 1. The zero-order chi connectivity index (χ0) is 13.4. The van der Waals surface area contributed by atoms with Crippen LogP contribution in [0.2, 0.25) is 0 Å². The second-order valence-electron chi connectivity index (χ2n) is 5.31. The van der Waals surface area contributed by atoms with Gasteiger partial charge in [0.05, 0.1) is 11.6 Å². The largest absolute Gasteiger partial charge is 0.494 e. The van der Waals surface area contributed by atoms with Gasteiger partial charge in [0.1, 0.15) is 0 Å². The van der Waals surface area contributed by atoms with Crippen molar-refractivity contribution >= 4 is 22.3 Å². The zero-order valence-corrected chi connectivity index (χ0v) is 11.1. The van der Waals surface area contributed by atoms with E-state index in [0.717, 1.165) is 35.0 Å². The van der Waals surface area contributed by atoms with Gasteiger partial charge in [-0.05, 0) is 38.0 Å². The van der Waals surface area contributed by atoms with Gasteiger partial charge in [0.25, 0.3) is 0 Å². The van der Waals surface area contributed by atoms with Crippen molar-refractivity contribution in [2.24, 2.45) is 4.99 Å². The van der Waals surface area contributed by atoms with Crippen molar-refractivity contribution in [2.45, 2.75) is 38.6 Å². The van der Waals surface area contributed by atoms with E-state index >= 15 is 0 Å². The minimum absolute atomic E-state index is 0.180. The predicted molar refractivity (Wildman–Crippen MR) is 78.8 cm³/mol. The van der Waals surface area contributed by atoms with Crippen molar-refractivity contribution in [3.63, 3.8) is 0 Å². The van der Waals surface area contributed by atoms with Gasteiger partial charge in [0.2, 0.25) is 0 Å². The van der Waals surface area contributed by atoms with Crippen molar-refractivity contribution < 1.29 is 5.11 Å². The average Bonchev–Trinajstić information content (AvgIpc) is 2.95. The number of nitrogen functional groups attached to an aromatic ring is 1. The standard InChI is InChI=1S/C15H19N3O/c1-9(17-11-4-2-3-5-11)14-12-8-10(16)6-7-13(12)18-15(14)19/h6-8,11,18-19H,2-5,16H2,1H3. The summed E-state index contributed by atoms with van der Waals surface area (Å²) >= 11 is 0. The van der Waals surface area contributed by atoms with E-state index in [9.17, 15) is 5.11 Å². The molecule has 4 heteroatoms. The highest BCUT2D eigenvalue weighted by Gasteiger charge is 2.17. The molecule has 4 nitrogen and oxygen atoms in total. The first kappa shape index (κ1) is 12.1. The Hall–Kier alpha value is -1.97. The number of nitrogens with one attached hydrogen (secondary N) is 1. The monoisotopic (exact) mass is 257 g/mol. The molecule has 19 heavy (non-hydrogen) atoms. The average molecular weight is 257 g/mol. The number of aromatic amines is 1. The molecule has 1 fully saturated rings. The number of rotatable bonds is 2. The van der Waals surface area contributed by atoms with Gasteiger partial charge in [0, 0.05) is 22.3 Å². The van der Waals surface area contributed by atoms with Crippen LogP contribution < -0.4 is 5.73 Å². The maximum absolute atomic E-state index is 10.1. The molecule has 0 atom stereocenters. The SMILES string of the molecule is CC(=NC1CCCC1)c1c(O)[nH]c2ccc(N)cc12. The maximum atomic E-state index is 10.1. The van der Waals surface area contributed by atoms with Crippen LogP contribution in [0.1, 0.15) is 38.2 Å². The molecule has 0 unspecified atom stereocenters. The number of aromatic hydroxyl groups is 1. The molecule has 0 aliphatic heterocycles. The third kappa shape index (κ3) is 2.18. The van der Waals surface area contributed by atoms with Gasteiger partial charge in [-0.25, -0.2) is 0 Å². The molecule has 3 rings (SSSR count). The molecule has 0 saturated heterocycles. The molecule has 0 radical (unpaired) electrons. The fourth-order valence-corrected chi connectivity index (χ4v) is 2.93. The molecular formula is C15H19N3O. The van der Waals surface area contributed by atoms with Gasteiger partial charge in [-0.3, -0.25) is 4.99 Å². The molecule has 1 aliphatic rings. The lowest BCUT2D eigenvalue weighted by atomic mass is 10.1. The normalized spacial score (nSPS) is 17.4. The van der Waals surface area contributed by atoms with E-state index < -0.39 is 0 Å². The van der Waals surface area contributed by atoms with Crippen LogP contribution in [0.5, 0.6) is 5.88 Å². The molecule has 4 N–H and O–H groups in total. The number of hydrogen-bond acceptors (Lipinski definition) is 3. The number of benzene rings is 1. The van der Waals surface area contributed by atoms with Gasteiger partial charge in [-0.2, -0.15) is 0 Å². The maximum Gasteiger partial charge on any atom is 0.198 e. The summed E-state index contributed by atoms with van der Waals surface area (Å²) in [6, 6.07) is 6.00. The smallest absolute Gasteiger partial charge is 0.198 e. The number of aromatic nitrogens is 1. The van der Waals surface area contributed by atoms with E-state index in [2.05, 4.69) is 4.98 Å². The molecule has 1 aromatic carbocycles. The van der Waals surface area contributed by atoms with E-state index in [4.69, 9.17) is 10.7 Å². The summed E-state index contributed by atoms with van der Waals surface area (Å²) in [6.45, 7) is 1.96. The summed E-state index contributed by atoms with van der Waals surface area (Å²) in [5.41, 5.74) is 9.09. The minimum atomic E-state index is 0.180. The molecular weight excluding hydrogens is 238 g/mol. The van der Waals surface area contributed by atoms with Crippen LogP contribution in [0, 0.1) is 0 Å². The Morgan fingerprint density at radius 2 is 2.11 bits per heavy atom. The summed E-state index contributed by atoms with van der Waals surface area (Å²) in [4.78, 5) is 7.73. The number of fused-ring (bicyclic) bond motifs is 1. The summed E-state index contributed by atoms with van der Waals surface area (Å²) in [7, 11) is 0. The van der Waals surface area contributed by atoms with Crippen LogP contribution in [0.15, 0.2) is 23.2 Å². The van der Waals surface area contributed by atoms with Gasteiger partial charge >= 0.3 is 0 Å². The van der Waals surface area contributed by atoms with Crippen molar-refractivity contribution in [2.75, 3.05) is 5.73 Å². The fraction of sp³-hybridized carbons (Fsp3) is 0.400. The topological polar surface area (TPSA) is 74.4 Å². The van der Waals surface area contributed by atoms with E-state index in [1.807, 2.05) is 25.1 Å². The van der Waals surface area contributed by atoms with Gasteiger partial charge in [-0.15, -0.1) is 0 Å². The molecule has 0 amide bonds. The van der Waals surface area contributed by atoms with Crippen molar-refractivity contribution in [3.05, 3.63) is 23.8 Å². The third-order valence-electron chi connectivity index (χ3n) is 3.87. The summed E-state index contributed by atoms with van der Waals surface area (Å²) < 4.78 is 0. The van der Waals surface area contributed by atoms with Crippen LogP contribution in [0.3, 0.4) is 0 Å². The molecule has 100 valence electrons. The van der Waals surface area contributed by atoms with Crippen LogP contribution in [-0.4, -0.2) is 21.8 Å². The first-order valence-electron chi connectivity index (χ1n) is 6.80. The van der Waals surface area contributed by atoms with Gasteiger partial charge < -0.3 is 15.8 Å². The lowest BCUT2D eigenvalue weighted by molar-refractivity contribution is 0.457. The summed E-state index contributed by atoms with van der Waals surface area (Å²) in [5, 5.41) is 11.0. The van der Waals surface area contributed by atoms with Crippen LogP contribution in [0.4, 0.5) is 5.69 Å². The molecule has 2 aromatic rings. The number of H-pyrrole nitrogens is 1. The quantitative estimate of drug-likeness (QED) is 0.571. The first-order valence-corrected chi connectivity index (χ1v) is 6.80. The second-order valence-corrected chi connectivity index (χ2v) is 5.31. The lowest BCUT2D eigenvalue weighted by Gasteiger charge is -2.06. The van der Waals surface area contributed by atoms with Crippen LogP contribution in [0.25, 0.3) is 10.9 Å². The van der Waals surface area contributed by atoms with E-state index in [1.165, 1.54) is 12.8 Å². The highest BCUT2D eigenvalue weighted by molar-refractivity contribution is 6.12. The molecule has 1 heterocycles. The molecule has 0 spiro atoms. The molecule has 1 aliphatic carbocycles. The van der Waals surface area contributed by atoms with Gasteiger partial charge in [-0.1, -0.05) is 12.8 Å². The highest BCUT2D eigenvalue weighted by Crippen LogP contribution is 2.30. The van der Waals surface area contributed by atoms with Crippen molar-refractivity contribution in [3.8, 4) is 5.88 Å². The van der Waals surface area contributed by atoms with Crippen molar-refractivity contribution in [1.82, 2.24) is 4.98 Å². The Morgan fingerprint density at radius 3 is 2.84 bits per heavy atom. The Balaban J connectivity index is 2.07. The van der Waals surface area contributed by atoms with Gasteiger partial charge in [0.15, 0.2) is 5.88 Å². The van der Waals surface area contributed by atoms with Crippen molar-refractivity contribution in [1.29, 1.82) is 0 Å². The van der Waals surface area contributed by atoms with E-state index in [0.29, 0.717) is 11.7 Å². The third-order valence-corrected chi connectivity index (χ3v) is 3.87. The fourth-order valence-electron chi connectivity index (χ4n) is 2.93. The Kier molecular flexibility index (Phi) is 2.93. The van der Waals surface area contributed by atoms with Crippen LogP contribution >= 0.6 is 0 Å². The number of nitrogens with zero attached hydrogens (tertiary/aromatic N) is 1. The molecule has 1 saturated carbocycles. The highest BCUT2D eigenvalue weighted by atomic mass is 16.3. The second kappa shape index (κ2) is 4.61. The summed E-state index contributed by atoms with van der Waals surface area (Å²) in [6.07, 6.45) is 4.83. The predicted octanol–water partition coefficient (Wildman–Crippen LogP) is 3.21. The Morgan fingerprint density at radius 1 is 1.37 bits per heavy atom. The lowest BCUT2D eigenvalue weighted by Crippen LogP contribution is -2.03.